The number of aliphatic hydroxyl groups is 3. The number of aromatic hydroxyl groups is 1. The van der Waals surface area contributed by atoms with Crippen LogP contribution in [0.2, 0.25) is 0 Å². The van der Waals surface area contributed by atoms with Crippen molar-refractivity contribution in [1.82, 2.24) is 4.57 Å². The molecule has 3 rings (SSSR count). The molecular formula is C16H17NO6. The fourth-order valence-corrected chi connectivity index (χ4v) is 2.73. The second kappa shape index (κ2) is 6.13. The van der Waals surface area contributed by atoms with Crippen molar-refractivity contribution in [2.75, 3.05) is 6.61 Å². The van der Waals surface area contributed by atoms with Crippen molar-refractivity contribution < 1.29 is 25.2 Å². The van der Waals surface area contributed by atoms with Gasteiger partial charge in [-0.05, 0) is 11.6 Å². The molecule has 1 saturated heterocycles. The third-order valence-corrected chi connectivity index (χ3v) is 3.95. The van der Waals surface area contributed by atoms with E-state index in [0.717, 1.165) is 4.57 Å². The Labute approximate surface area is 131 Å². The van der Waals surface area contributed by atoms with Gasteiger partial charge in [-0.15, -0.1) is 0 Å². The minimum atomic E-state index is -1.36. The maximum atomic E-state index is 12.7. The average molecular weight is 319 g/mol. The predicted molar refractivity (Wildman–Crippen MR) is 80.8 cm³/mol. The van der Waals surface area contributed by atoms with Crippen LogP contribution in [0.4, 0.5) is 0 Å². The molecule has 1 aromatic heterocycles. The molecule has 7 nitrogen and oxygen atoms in total. The van der Waals surface area contributed by atoms with Crippen LogP contribution in [0.5, 0.6) is 5.75 Å². The molecule has 4 N–H and O–H groups in total. The Morgan fingerprint density at radius 3 is 2.39 bits per heavy atom. The van der Waals surface area contributed by atoms with Crippen molar-refractivity contribution >= 4 is 0 Å². The predicted octanol–water partition coefficient (Wildman–Crippen LogP) is -0.168. The fraction of sp³-hybridized carbons (Fsp3) is 0.312. The van der Waals surface area contributed by atoms with Crippen molar-refractivity contribution in [2.24, 2.45) is 0 Å². The molecule has 0 saturated carbocycles. The van der Waals surface area contributed by atoms with Crippen LogP contribution in [-0.2, 0) is 4.74 Å². The van der Waals surface area contributed by atoms with E-state index in [4.69, 9.17) is 9.84 Å². The summed E-state index contributed by atoms with van der Waals surface area (Å²) in [6.45, 7) is -0.479. The molecule has 0 spiro atoms. The van der Waals surface area contributed by atoms with Crippen LogP contribution in [-0.4, -0.2) is 49.9 Å². The van der Waals surface area contributed by atoms with E-state index in [1.165, 1.54) is 12.3 Å². The zero-order valence-electron chi connectivity index (χ0n) is 12.1. The molecular weight excluding hydrogens is 302 g/mol. The number of hydrogen-bond acceptors (Lipinski definition) is 6. The van der Waals surface area contributed by atoms with Crippen LogP contribution in [0.25, 0.3) is 11.1 Å². The van der Waals surface area contributed by atoms with E-state index in [2.05, 4.69) is 0 Å². The summed E-state index contributed by atoms with van der Waals surface area (Å²) in [5.74, 6) is -0.191. The van der Waals surface area contributed by atoms with E-state index in [1.807, 2.05) is 0 Å². The van der Waals surface area contributed by atoms with Crippen LogP contribution in [0.15, 0.2) is 47.4 Å². The Bertz CT molecular complexity index is 744. The van der Waals surface area contributed by atoms with Gasteiger partial charge >= 0.3 is 0 Å². The number of hydrogen-bond donors (Lipinski definition) is 4. The Morgan fingerprint density at radius 2 is 1.78 bits per heavy atom. The SMILES string of the molecule is O=c1c(-c2ccccc2)c(O)ccn1C1OC(CO)C(O)C1O. The summed E-state index contributed by atoms with van der Waals surface area (Å²) >= 11 is 0. The van der Waals surface area contributed by atoms with Crippen LogP contribution in [0.3, 0.4) is 0 Å². The first kappa shape index (κ1) is 15.7. The molecule has 4 unspecified atom stereocenters. The second-order valence-electron chi connectivity index (χ2n) is 5.38. The summed E-state index contributed by atoms with van der Waals surface area (Å²) in [6.07, 6.45) is -3.50. The van der Waals surface area contributed by atoms with E-state index in [1.54, 1.807) is 30.3 Å². The number of aliphatic hydroxyl groups excluding tert-OH is 3. The van der Waals surface area contributed by atoms with E-state index >= 15 is 0 Å². The number of ether oxygens (including phenoxy) is 1. The highest BCUT2D eigenvalue weighted by Gasteiger charge is 2.43. The Balaban J connectivity index is 2.08. The van der Waals surface area contributed by atoms with Gasteiger partial charge in [-0.2, -0.15) is 0 Å². The Hall–Kier alpha value is -2.19. The standard InChI is InChI=1S/C16H17NO6/c18-8-11-13(20)14(21)16(23-11)17-7-6-10(19)12(15(17)22)9-4-2-1-3-5-9/h1-7,11,13-14,16,18-21H,8H2. The van der Waals surface area contributed by atoms with Gasteiger partial charge < -0.3 is 25.2 Å². The van der Waals surface area contributed by atoms with Crippen LogP contribution in [0, 0.1) is 0 Å². The smallest absolute Gasteiger partial charge is 0.264 e. The lowest BCUT2D eigenvalue weighted by molar-refractivity contribution is -0.0543. The third-order valence-electron chi connectivity index (χ3n) is 3.95. The largest absolute Gasteiger partial charge is 0.507 e. The number of aromatic nitrogens is 1. The van der Waals surface area contributed by atoms with Gasteiger partial charge in [0.25, 0.3) is 5.56 Å². The minimum Gasteiger partial charge on any atom is -0.507 e. The van der Waals surface area contributed by atoms with Gasteiger partial charge in [0.2, 0.25) is 0 Å². The fourth-order valence-electron chi connectivity index (χ4n) is 2.73. The van der Waals surface area contributed by atoms with Crippen molar-refractivity contribution in [2.45, 2.75) is 24.5 Å². The number of nitrogens with zero attached hydrogens (tertiary/aromatic N) is 1. The highest BCUT2D eigenvalue weighted by molar-refractivity contribution is 5.68. The summed E-state index contributed by atoms with van der Waals surface area (Å²) in [6, 6.07) is 9.93. The molecule has 4 atom stereocenters. The Morgan fingerprint density at radius 1 is 1.09 bits per heavy atom. The molecule has 1 fully saturated rings. The van der Waals surface area contributed by atoms with Gasteiger partial charge in [0.15, 0.2) is 6.23 Å². The first-order chi connectivity index (χ1) is 11.0. The van der Waals surface area contributed by atoms with Crippen LogP contribution < -0.4 is 5.56 Å². The van der Waals surface area contributed by atoms with Gasteiger partial charge in [-0.1, -0.05) is 30.3 Å². The van der Waals surface area contributed by atoms with Gasteiger partial charge in [-0.25, -0.2) is 0 Å². The average Bonchev–Trinajstić information content (AvgIpc) is 2.84. The van der Waals surface area contributed by atoms with E-state index in [0.29, 0.717) is 5.56 Å². The number of benzene rings is 1. The molecule has 122 valence electrons. The van der Waals surface area contributed by atoms with Crippen molar-refractivity contribution in [1.29, 1.82) is 0 Å². The van der Waals surface area contributed by atoms with Gasteiger partial charge in [0.1, 0.15) is 24.1 Å². The molecule has 2 heterocycles. The van der Waals surface area contributed by atoms with E-state index < -0.39 is 36.7 Å². The molecule has 0 aliphatic carbocycles. The van der Waals surface area contributed by atoms with E-state index in [-0.39, 0.29) is 11.3 Å². The highest BCUT2D eigenvalue weighted by Crippen LogP contribution is 2.31. The topological polar surface area (TPSA) is 112 Å². The summed E-state index contributed by atoms with van der Waals surface area (Å²) in [5.41, 5.74) is 0.0352. The molecule has 1 aliphatic heterocycles. The maximum absolute atomic E-state index is 12.7. The first-order valence-corrected chi connectivity index (χ1v) is 7.16. The second-order valence-corrected chi connectivity index (χ2v) is 5.38. The molecule has 0 amide bonds. The normalized spacial score (nSPS) is 27.3. The van der Waals surface area contributed by atoms with Crippen molar-refractivity contribution in [3.05, 3.63) is 52.9 Å². The van der Waals surface area contributed by atoms with Crippen LogP contribution >= 0.6 is 0 Å². The Kier molecular flexibility index (Phi) is 4.18. The molecule has 0 bridgehead atoms. The molecule has 2 aromatic rings. The minimum absolute atomic E-state index is 0.0749. The molecule has 1 aliphatic rings. The summed E-state index contributed by atoms with van der Waals surface area (Å²) in [4.78, 5) is 12.7. The maximum Gasteiger partial charge on any atom is 0.264 e. The number of pyridine rings is 1. The van der Waals surface area contributed by atoms with Gasteiger partial charge in [0.05, 0.1) is 12.2 Å². The first-order valence-electron chi connectivity index (χ1n) is 7.16. The lowest BCUT2D eigenvalue weighted by atomic mass is 10.1. The zero-order chi connectivity index (χ0) is 16.6. The molecule has 7 heteroatoms. The molecule has 1 aromatic carbocycles. The van der Waals surface area contributed by atoms with Gasteiger partial charge in [-0.3, -0.25) is 9.36 Å². The molecule has 23 heavy (non-hydrogen) atoms. The quantitative estimate of drug-likeness (QED) is 0.625. The summed E-state index contributed by atoms with van der Waals surface area (Å²) in [5, 5.41) is 39.0. The monoisotopic (exact) mass is 319 g/mol. The third kappa shape index (κ3) is 2.64. The number of rotatable bonds is 3. The van der Waals surface area contributed by atoms with Gasteiger partial charge in [0, 0.05) is 6.20 Å². The summed E-state index contributed by atoms with van der Waals surface area (Å²) in [7, 11) is 0. The van der Waals surface area contributed by atoms with E-state index in [9.17, 15) is 20.1 Å². The van der Waals surface area contributed by atoms with Crippen LogP contribution in [0.1, 0.15) is 6.23 Å². The molecule has 0 radical (unpaired) electrons. The zero-order valence-corrected chi connectivity index (χ0v) is 12.1. The highest BCUT2D eigenvalue weighted by atomic mass is 16.6. The summed E-state index contributed by atoms with van der Waals surface area (Å²) < 4.78 is 6.47. The lowest BCUT2D eigenvalue weighted by Crippen LogP contribution is -2.35. The van der Waals surface area contributed by atoms with Crippen molar-refractivity contribution in [3.8, 4) is 16.9 Å². The lowest BCUT2D eigenvalue weighted by Gasteiger charge is -2.19. The van der Waals surface area contributed by atoms with Crippen molar-refractivity contribution in [3.63, 3.8) is 0 Å².